The summed E-state index contributed by atoms with van der Waals surface area (Å²) in [6, 6.07) is 10.6. The number of benzene rings is 2. The Bertz CT molecular complexity index is 617. The highest BCUT2D eigenvalue weighted by atomic mass is 35.5. The third kappa shape index (κ3) is 5.33. The van der Waals surface area contributed by atoms with Gasteiger partial charge in [-0.2, -0.15) is 11.8 Å². The molecule has 21 heavy (non-hydrogen) atoms. The van der Waals surface area contributed by atoms with E-state index in [0.29, 0.717) is 21.3 Å². The summed E-state index contributed by atoms with van der Waals surface area (Å²) in [6.07, 6.45) is 0. The van der Waals surface area contributed by atoms with E-state index in [4.69, 9.17) is 23.2 Å². The van der Waals surface area contributed by atoms with Gasteiger partial charge in [-0.25, -0.2) is 29.4 Å². The first kappa shape index (κ1) is 17.4. The molecule has 0 spiro atoms. The molecular weight excluding hydrogens is 365 g/mol. The van der Waals surface area contributed by atoms with Crippen LogP contribution in [0, 0.1) is 5.82 Å². The maximum Gasteiger partial charge on any atom is 0.304 e. The zero-order chi connectivity index (χ0) is 15.4. The average molecular weight is 377 g/mol. The Labute approximate surface area is 149 Å². The van der Waals surface area contributed by atoms with Gasteiger partial charge in [-0.15, -0.1) is 0 Å². The molecule has 0 N–H and O–H groups in total. The lowest BCUT2D eigenvalue weighted by atomic mass is 9.91. The predicted molar refractivity (Wildman–Crippen MR) is 101 cm³/mol. The normalized spacial score (nSPS) is 10.7. The molecule has 2 rings (SSSR count). The van der Waals surface area contributed by atoms with Gasteiger partial charge in [0.1, 0.15) is 5.82 Å². The minimum atomic E-state index is -0.402. The third-order valence-corrected chi connectivity index (χ3v) is 4.87. The molecule has 0 unspecified atom stereocenters. The van der Waals surface area contributed by atoms with Gasteiger partial charge in [-0.1, -0.05) is 35.3 Å². The monoisotopic (exact) mass is 376 g/mol. The van der Waals surface area contributed by atoms with Gasteiger partial charge < -0.3 is 0 Å². The van der Waals surface area contributed by atoms with Gasteiger partial charge in [0.05, 0.1) is 0 Å². The van der Waals surface area contributed by atoms with E-state index in [2.05, 4.69) is 25.0 Å². The Balaban J connectivity index is 1.96. The average Bonchev–Trinajstić information content (AvgIpc) is 2.37. The van der Waals surface area contributed by atoms with Crippen LogP contribution in [-0.2, 0) is 11.5 Å². The summed E-state index contributed by atoms with van der Waals surface area (Å²) in [5.41, 5.74) is 2.48. The summed E-state index contributed by atoms with van der Waals surface area (Å²) < 4.78 is 13.8. The van der Waals surface area contributed by atoms with Crippen LogP contribution in [0.1, 0.15) is 11.1 Å². The van der Waals surface area contributed by atoms with Crippen LogP contribution in [0.3, 0.4) is 0 Å². The molecule has 2 aromatic carbocycles. The Morgan fingerprint density at radius 1 is 0.952 bits per heavy atom. The fraction of sp³-hybridized carbons (Fsp3) is 0.143. The van der Waals surface area contributed by atoms with Crippen molar-refractivity contribution in [1.29, 1.82) is 0 Å². The molecule has 0 heterocycles. The number of hydrogen-bond acceptors (Lipinski definition) is 3. The Hall–Kier alpha value is 0.0649. The van der Waals surface area contributed by atoms with Crippen molar-refractivity contribution in [2.75, 3.05) is 0 Å². The third-order valence-electron chi connectivity index (χ3n) is 2.80. The van der Waals surface area contributed by atoms with Crippen molar-refractivity contribution in [2.24, 2.45) is 0 Å². The minimum absolute atomic E-state index is 0.270. The zero-order valence-electron chi connectivity index (χ0n) is 10.9. The van der Waals surface area contributed by atoms with Crippen LogP contribution in [0.25, 0.3) is 0 Å². The molecule has 0 nitrogen and oxygen atoms in total. The van der Waals surface area contributed by atoms with Crippen LogP contribution in [0.2, 0.25) is 10.0 Å². The first-order chi connectivity index (χ1) is 9.95. The Morgan fingerprint density at radius 2 is 1.57 bits per heavy atom. The number of thiol groups is 2. The summed E-state index contributed by atoms with van der Waals surface area (Å²) in [6.45, 7) is 0. The number of halogens is 3. The molecule has 0 fully saturated rings. The summed E-state index contributed by atoms with van der Waals surface area (Å²) in [4.78, 5) is 0. The van der Waals surface area contributed by atoms with E-state index >= 15 is 0 Å². The molecule has 0 aliphatic carbocycles. The van der Waals surface area contributed by atoms with Gasteiger partial charge in [0.15, 0.2) is 0 Å². The molecule has 2 aromatic rings. The molecule has 0 amide bonds. The lowest BCUT2D eigenvalue weighted by Gasteiger charge is -2.07. The largest absolute Gasteiger partial charge is 0.304 e. The molecule has 0 aliphatic rings. The quantitative estimate of drug-likeness (QED) is 0.539. The van der Waals surface area contributed by atoms with Crippen molar-refractivity contribution < 1.29 is 4.39 Å². The van der Waals surface area contributed by atoms with Crippen LogP contribution in [-0.4, -0.2) is 5.27 Å². The maximum atomic E-state index is 13.8. The second-order valence-electron chi connectivity index (χ2n) is 4.50. The topological polar surface area (TPSA) is 0 Å². The second kappa shape index (κ2) is 8.07. The lowest BCUT2D eigenvalue weighted by molar-refractivity contribution is 0.634. The van der Waals surface area contributed by atoms with Gasteiger partial charge in [0, 0.05) is 21.6 Å². The van der Waals surface area contributed by atoms with Crippen molar-refractivity contribution in [3.8, 4) is 0 Å². The van der Waals surface area contributed by atoms with Crippen LogP contribution >= 0.6 is 59.9 Å². The Morgan fingerprint density at radius 3 is 2.14 bits per heavy atom. The van der Waals surface area contributed by atoms with Gasteiger partial charge in [-0.3, -0.25) is 0 Å². The first-order valence-corrected chi connectivity index (χ1v) is 9.07. The summed E-state index contributed by atoms with van der Waals surface area (Å²) in [5.74, 6) is 1.21. The summed E-state index contributed by atoms with van der Waals surface area (Å²) in [5, 5.41) is 0.851. The summed E-state index contributed by atoms with van der Waals surface area (Å²) >= 11 is 21.8. The van der Waals surface area contributed by atoms with Crippen LogP contribution in [0.4, 0.5) is 4.39 Å². The molecule has 110 valence electrons. The highest BCUT2D eigenvalue weighted by Crippen LogP contribution is 2.24. The highest BCUT2D eigenvalue weighted by Gasteiger charge is 2.12. The van der Waals surface area contributed by atoms with Crippen LogP contribution in [0.15, 0.2) is 36.4 Å². The van der Waals surface area contributed by atoms with E-state index in [1.807, 2.05) is 18.2 Å². The standard InChI is InChI=1S/C14H12BCl2FS3/c16-11-3-10(4-12(17)6-11)8-21-7-9-1-2-13(15(19)20)14(18)5-9/h1-6,19-20H,7-8H2. The van der Waals surface area contributed by atoms with Gasteiger partial charge in [0.2, 0.25) is 0 Å². The van der Waals surface area contributed by atoms with E-state index < -0.39 is 5.27 Å². The molecule has 0 radical (unpaired) electrons. The van der Waals surface area contributed by atoms with Crippen LogP contribution < -0.4 is 5.46 Å². The zero-order valence-corrected chi connectivity index (χ0v) is 15.0. The molecule has 0 atom stereocenters. The number of hydrogen-bond donors (Lipinski definition) is 2. The molecule has 0 aliphatic heterocycles. The van der Waals surface area contributed by atoms with Crippen LogP contribution in [0.5, 0.6) is 0 Å². The molecule has 0 bridgehead atoms. The summed E-state index contributed by atoms with van der Waals surface area (Å²) in [7, 11) is 0. The number of thioether (sulfide) groups is 1. The highest BCUT2D eigenvalue weighted by molar-refractivity contribution is 8.42. The fourth-order valence-electron chi connectivity index (χ4n) is 1.85. The Kier molecular flexibility index (Phi) is 6.69. The maximum absolute atomic E-state index is 13.8. The number of rotatable bonds is 5. The van der Waals surface area contributed by atoms with E-state index in [-0.39, 0.29) is 5.82 Å². The van der Waals surface area contributed by atoms with Crippen molar-refractivity contribution in [2.45, 2.75) is 11.5 Å². The molecule has 0 saturated heterocycles. The van der Waals surface area contributed by atoms with Crippen molar-refractivity contribution in [3.05, 3.63) is 63.4 Å². The van der Waals surface area contributed by atoms with Gasteiger partial charge >= 0.3 is 5.27 Å². The molecular formula is C14H12BCl2FS3. The molecule has 7 heteroatoms. The predicted octanol–water partition coefficient (Wildman–Crippen LogP) is 5.12. The minimum Gasteiger partial charge on any atom is -0.208 e. The van der Waals surface area contributed by atoms with E-state index in [1.54, 1.807) is 23.9 Å². The van der Waals surface area contributed by atoms with Gasteiger partial charge in [-0.05, 0) is 40.9 Å². The van der Waals surface area contributed by atoms with Gasteiger partial charge in [0.25, 0.3) is 0 Å². The molecule has 0 saturated carbocycles. The van der Waals surface area contributed by atoms with E-state index in [0.717, 1.165) is 16.9 Å². The lowest BCUT2D eigenvalue weighted by Crippen LogP contribution is -2.22. The first-order valence-electron chi connectivity index (χ1n) is 6.13. The van der Waals surface area contributed by atoms with E-state index in [9.17, 15) is 4.39 Å². The van der Waals surface area contributed by atoms with Crippen molar-refractivity contribution in [3.63, 3.8) is 0 Å². The second-order valence-corrected chi connectivity index (χ2v) is 7.80. The molecule has 0 aromatic heterocycles. The van der Waals surface area contributed by atoms with E-state index in [1.165, 1.54) is 6.07 Å². The SMILES string of the molecule is Fc1cc(CSCc2cc(Cl)cc(Cl)c2)ccc1B(S)S. The van der Waals surface area contributed by atoms with Crippen molar-refractivity contribution >= 4 is 70.7 Å². The fourth-order valence-corrected chi connectivity index (χ4v) is 3.76. The smallest absolute Gasteiger partial charge is 0.208 e. The van der Waals surface area contributed by atoms with Crippen molar-refractivity contribution in [1.82, 2.24) is 0 Å².